The lowest BCUT2D eigenvalue weighted by molar-refractivity contribution is -0.120. The minimum absolute atomic E-state index is 0.0552. The van der Waals surface area contributed by atoms with Crippen LogP contribution in [-0.4, -0.2) is 64.7 Å². The van der Waals surface area contributed by atoms with Gasteiger partial charge in [0.2, 0.25) is 5.91 Å². The van der Waals surface area contributed by atoms with Crippen molar-refractivity contribution < 1.29 is 14.3 Å². The van der Waals surface area contributed by atoms with Gasteiger partial charge < -0.3 is 25.0 Å². The van der Waals surface area contributed by atoms with Crippen LogP contribution < -0.4 is 20.1 Å². The molecule has 1 amide bonds. The molecule has 2 aromatic carbocycles. The van der Waals surface area contributed by atoms with E-state index >= 15 is 0 Å². The Balaban J connectivity index is 1.75. The fourth-order valence-electron chi connectivity index (χ4n) is 3.04. The van der Waals surface area contributed by atoms with E-state index in [4.69, 9.17) is 9.47 Å². The maximum absolute atomic E-state index is 12.1. The van der Waals surface area contributed by atoms with Gasteiger partial charge in [-0.2, -0.15) is 0 Å². The number of likely N-dealkylation sites (N-methyl/N-ethyl adjacent to an activating group) is 1. The fraction of sp³-hybridized carbons (Fsp3) is 0.391. The summed E-state index contributed by atoms with van der Waals surface area (Å²) in [5, 5.41) is 6.04. The summed E-state index contributed by atoms with van der Waals surface area (Å²) in [6.07, 6.45) is 1.62. The average molecular weight is 413 g/mol. The highest BCUT2D eigenvalue weighted by molar-refractivity contribution is 5.86. The number of methoxy groups -OCH3 is 2. The van der Waals surface area contributed by atoms with Crippen LogP contribution in [0.1, 0.15) is 11.1 Å². The molecule has 0 heterocycles. The molecule has 2 rings (SSSR count). The van der Waals surface area contributed by atoms with E-state index in [9.17, 15) is 4.79 Å². The molecule has 0 saturated carbocycles. The van der Waals surface area contributed by atoms with E-state index in [1.165, 1.54) is 5.56 Å². The van der Waals surface area contributed by atoms with Gasteiger partial charge in [0.15, 0.2) is 17.5 Å². The monoisotopic (exact) mass is 412 g/mol. The third-order valence-corrected chi connectivity index (χ3v) is 4.74. The second-order valence-electron chi connectivity index (χ2n) is 6.85. The number of carbonyl (C=O) groups excluding carboxylic acids is 1. The third-order valence-electron chi connectivity index (χ3n) is 4.74. The second kappa shape index (κ2) is 12.4. The summed E-state index contributed by atoms with van der Waals surface area (Å²) < 4.78 is 10.6. The highest BCUT2D eigenvalue weighted by Gasteiger charge is 2.10. The first-order valence-electron chi connectivity index (χ1n) is 10.0. The number of nitrogens with one attached hydrogen (secondary N) is 2. The smallest absolute Gasteiger partial charge is 0.239 e. The number of hydrogen-bond acceptors (Lipinski definition) is 4. The van der Waals surface area contributed by atoms with Crippen LogP contribution in [0.2, 0.25) is 0 Å². The largest absolute Gasteiger partial charge is 0.493 e. The van der Waals surface area contributed by atoms with Gasteiger partial charge in [0.05, 0.1) is 20.8 Å². The highest BCUT2D eigenvalue weighted by atomic mass is 16.5. The summed E-state index contributed by atoms with van der Waals surface area (Å²) in [5.41, 5.74) is 2.34. The molecule has 0 aliphatic rings. The molecule has 0 aliphatic carbocycles. The Morgan fingerprint density at radius 2 is 1.70 bits per heavy atom. The first-order valence-corrected chi connectivity index (χ1v) is 10.0. The Morgan fingerprint density at radius 1 is 0.967 bits per heavy atom. The van der Waals surface area contributed by atoms with Crippen molar-refractivity contribution in [1.29, 1.82) is 0 Å². The van der Waals surface area contributed by atoms with Gasteiger partial charge in [-0.25, -0.2) is 0 Å². The van der Waals surface area contributed by atoms with Gasteiger partial charge in [0, 0.05) is 27.2 Å². The first-order chi connectivity index (χ1) is 14.6. The number of nitrogens with zero attached hydrogens (tertiary/aromatic N) is 2. The number of carbonyl (C=O) groups is 1. The zero-order chi connectivity index (χ0) is 21.8. The molecule has 0 spiro atoms. The van der Waals surface area contributed by atoms with Gasteiger partial charge in [-0.15, -0.1) is 0 Å². The van der Waals surface area contributed by atoms with E-state index in [1.807, 2.05) is 48.3 Å². The van der Waals surface area contributed by atoms with Crippen molar-refractivity contribution in [2.45, 2.75) is 12.8 Å². The van der Waals surface area contributed by atoms with Crippen molar-refractivity contribution in [1.82, 2.24) is 15.5 Å². The molecular weight excluding hydrogens is 380 g/mol. The normalized spacial score (nSPS) is 11.0. The number of rotatable bonds is 10. The van der Waals surface area contributed by atoms with Crippen LogP contribution >= 0.6 is 0 Å². The summed E-state index contributed by atoms with van der Waals surface area (Å²) in [5.74, 6) is 2.05. The Hall–Kier alpha value is -3.22. The molecule has 30 heavy (non-hydrogen) atoms. The number of aliphatic imine (C=N–C) groups is 1. The molecule has 0 saturated heterocycles. The van der Waals surface area contributed by atoms with E-state index < -0.39 is 0 Å². The van der Waals surface area contributed by atoms with Crippen molar-refractivity contribution in [3.8, 4) is 11.5 Å². The summed E-state index contributed by atoms with van der Waals surface area (Å²) in [4.78, 5) is 18.4. The Bertz CT molecular complexity index is 824. The predicted molar refractivity (Wildman–Crippen MR) is 120 cm³/mol. The molecule has 2 aromatic rings. The maximum atomic E-state index is 12.1. The van der Waals surface area contributed by atoms with E-state index in [2.05, 4.69) is 27.8 Å². The Labute approximate surface area is 179 Å². The van der Waals surface area contributed by atoms with Crippen molar-refractivity contribution in [3.63, 3.8) is 0 Å². The maximum Gasteiger partial charge on any atom is 0.239 e. The van der Waals surface area contributed by atoms with Crippen molar-refractivity contribution in [2.75, 3.05) is 47.9 Å². The number of benzene rings is 2. The molecule has 162 valence electrons. The first kappa shape index (κ1) is 23.1. The van der Waals surface area contributed by atoms with Gasteiger partial charge in [-0.05, 0) is 36.1 Å². The van der Waals surface area contributed by atoms with E-state index in [0.717, 1.165) is 24.9 Å². The van der Waals surface area contributed by atoms with Gasteiger partial charge in [-0.3, -0.25) is 9.79 Å². The summed E-state index contributed by atoms with van der Waals surface area (Å²) in [6.45, 7) is 1.53. The van der Waals surface area contributed by atoms with E-state index in [0.29, 0.717) is 24.0 Å². The molecule has 0 aliphatic heterocycles. The van der Waals surface area contributed by atoms with Gasteiger partial charge >= 0.3 is 0 Å². The minimum Gasteiger partial charge on any atom is -0.493 e. The molecule has 0 aromatic heterocycles. The summed E-state index contributed by atoms with van der Waals surface area (Å²) in [6, 6.07) is 16.0. The molecule has 2 N–H and O–H groups in total. The summed E-state index contributed by atoms with van der Waals surface area (Å²) in [7, 11) is 6.91. The van der Waals surface area contributed by atoms with Crippen molar-refractivity contribution in [3.05, 3.63) is 59.7 Å². The lowest BCUT2D eigenvalue weighted by atomic mass is 10.1. The SMILES string of the molecule is CN=C(NCC(=O)NCCc1ccccc1)N(C)CCc1ccc(OC)c(OC)c1. The molecular formula is C23H32N4O3. The second-order valence-corrected chi connectivity index (χ2v) is 6.85. The zero-order valence-corrected chi connectivity index (χ0v) is 18.3. The predicted octanol–water partition coefficient (Wildman–Crippen LogP) is 2.11. The fourth-order valence-corrected chi connectivity index (χ4v) is 3.04. The Kier molecular flexibility index (Phi) is 9.51. The van der Waals surface area contributed by atoms with Crippen LogP contribution in [0.3, 0.4) is 0 Å². The van der Waals surface area contributed by atoms with Gasteiger partial charge in [-0.1, -0.05) is 36.4 Å². The van der Waals surface area contributed by atoms with Crippen LogP contribution in [0.15, 0.2) is 53.5 Å². The quantitative estimate of drug-likeness (QED) is 0.462. The lowest BCUT2D eigenvalue weighted by Gasteiger charge is -2.22. The van der Waals surface area contributed by atoms with Crippen molar-refractivity contribution in [2.24, 2.45) is 4.99 Å². The molecule has 0 radical (unpaired) electrons. The van der Waals surface area contributed by atoms with Crippen LogP contribution in [-0.2, 0) is 17.6 Å². The molecule has 0 atom stereocenters. The number of ether oxygens (including phenoxy) is 2. The number of amides is 1. The molecule has 0 bridgehead atoms. The third kappa shape index (κ3) is 7.31. The Morgan fingerprint density at radius 3 is 2.37 bits per heavy atom. The molecule has 0 unspecified atom stereocenters. The van der Waals surface area contributed by atoms with Gasteiger partial charge in [0.1, 0.15) is 0 Å². The van der Waals surface area contributed by atoms with Crippen LogP contribution in [0.5, 0.6) is 11.5 Å². The molecule has 7 nitrogen and oxygen atoms in total. The number of guanidine groups is 1. The van der Waals surface area contributed by atoms with E-state index in [1.54, 1.807) is 21.3 Å². The zero-order valence-electron chi connectivity index (χ0n) is 18.3. The van der Waals surface area contributed by atoms with Crippen LogP contribution in [0.4, 0.5) is 0 Å². The minimum atomic E-state index is -0.0552. The van der Waals surface area contributed by atoms with Crippen LogP contribution in [0.25, 0.3) is 0 Å². The van der Waals surface area contributed by atoms with Gasteiger partial charge in [0.25, 0.3) is 0 Å². The summed E-state index contributed by atoms with van der Waals surface area (Å²) >= 11 is 0. The topological polar surface area (TPSA) is 75.2 Å². The molecule has 7 heteroatoms. The number of hydrogen-bond donors (Lipinski definition) is 2. The highest BCUT2D eigenvalue weighted by Crippen LogP contribution is 2.27. The van der Waals surface area contributed by atoms with Crippen LogP contribution in [0, 0.1) is 0 Å². The van der Waals surface area contributed by atoms with Crippen molar-refractivity contribution >= 4 is 11.9 Å². The molecule has 0 fully saturated rings. The standard InChI is InChI=1S/C23H32N4O3/c1-24-23(26-17-22(28)25-14-12-18-8-6-5-7-9-18)27(2)15-13-19-10-11-20(29-3)21(16-19)30-4/h5-11,16H,12-15,17H2,1-4H3,(H,24,26)(H,25,28). The lowest BCUT2D eigenvalue weighted by Crippen LogP contribution is -2.44. The average Bonchev–Trinajstić information content (AvgIpc) is 2.78. The van der Waals surface area contributed by atoms with E-state index in [-0.39, 0.29) is 12.5 Å².